The molecule has 0 unspecified atom stereocenters. The van der Waals surface area contributed by atoms with Crippen LogP contribution in [0.1, 0.15) is 56.2 Å². The van der Waals surface area contributed by atoms with E-state index < -0.39 is 38.8 Å². The van der Waals surface area contributed by atoms with Crippen LogP contribution in [0.15, 0.2) is 138 Å². The van der Waals surface area contributed by atoms with Gasteiger partial charge in [-0.05, 0) is 98.7 Å². The van der Waals surface area contributed by atoms with Crippen molar-refractivity contribution in [1.82, 2.24) is 9.88 Å². The molecule has 2 aliphatic rings. The Kier molecular flexibility index (Phi) is 12.2. The highest BCUT2D eigenvalue weighted by Crippen LogP contribution is 2.48. The number of fused-ring (bicyclic) bond motifs is 1. The summed E-state index contributed by atoms with van der Waals surface area (Å²) in [6, 6.07) is 37.1. The van der Waals surface area contributed by atoms with Crippen LogP contribution in [0.25, 0.3) is 11.6 Å². The summed E-state index contributed by atoms with van der Waals surface area (Å²) in [6.07, 6.45) is 3.61. The number of thiophene rings is 1. The molecule has 0 spiro atoms. The molecule has 1 aliphatic carbocycles. The Balaban J connectivity index is 1.29. The van der Waals surface area contributed by atoms with Crippen molar-refractivity contribution in [2.45, 2.75) is 57.7 Å². The van der Waals surface area contributed by atoms with Gasteiger partial charge in [-0.15, -0.1) is 11.3 Å². The van der Waals surface area contributed by atoms with Crippen molar-refractivity contribution >= 4 is 53.5 Å². The molecule has 294 valence electrons. The minimum atomic E-state index is -3.05. The molecule has 1 saturated heterocycles. The third kappa shape index (κ3) is 8.24. The first-order valence-electron chi connectivity index (χ1n) is 19.6. The molecule has 1 aliphatic heterocycles. The summed E-state index contributed by atoms with van der Waals surface area (Å²) in [7, 11) is -3.05. The van der Waals surface area contributed by atoms with Gasteiger partial charge in [-0.25, -0.2) is 0 Å². The number of pyridine rings is 1. The lowest BCUT2D eigenvalue weighted by Gasteiger charge is -2.44. The minimum absolute atomic E-state index is 0.127. The van der Waals surface area contributed by atoms with Gasteiger partial charge in [0.05, 0.1) is 43.4 Å². The second kappa shape index (κ2) is 17.3. The van der Waals surface area contributed by atoms with E-state index >= 15 is 0 Å². The zero-order valence-corrected chi connectivity index (χ0v) is 34.4. The number of carbonyl (C=O) groups is 2. The fraction of sp³-hybridized carbons (Fsp3) is 0.298. The first-order valence-corrected chi connectivity index (χ1v) is 22.3. The second-order valence-electron chi connectivity index (χ2n) is 16.0. The Labute approximate surface area is 340 Å². The zero-order valence-electron chi connectivity index (χ0n) is 32.6. The normalized spacial score (nSPS) is 19.6. The van der Waals surface area contributed by atoms with E-state index in [2.05, 4.69) is 50.0 Å². The number of hydrogen-bond acceptors (Lipinski definition) is 8. The maximum Gasteiger partial charge on any atom is 0.261 e. The molecule has 0 radical (unpaired) electrons. The number of phenolic OH excluding ortho intramolecular Hbond substituents is 1. The van der Waals surface area contributed by atoms with Gasteiger partial charge in [0.25, 0.3) is 8.32 Å². The number of likely N-dealkylation sites (tertiary alicyclic amines) is 1. The van der Waals surface area contributed by atoms with Crippen molar-refractivity contribution in [2.75, 3.05) is 13.2 Å². The predicted molar refractivity (Wildman–Crippen MR) is 228 cm³/mol. The summed E-state index contributed by atoms with van der Waals surface area (Å²) in [4.78, 5) is 35.3. The highest BCUT2D eigenvalue weighted by Gasteiger charge is 2.56. The van der Waals surface area contributed by atoms with Crippen LogP contribution in [0.3, 0.4) is 0 Å². The van der Waals surface area contributed by atoms with Gasteiger partial charge in [0.15, 0.2) is 0 Å². The van der Waals surface area contributed by atoms with Gasteiger partial charge >= 0.3 is 0 Å². The third-order valence-corrected chi connectivity index (χ3v) is 17.4. The summed E-state index contributed by atoms with van der Waals surface area (Å²) in [5.41, 5.74) is 3.86. The number of hydrogen-bond donors (Lipinski definition) is 3. The molecule has 3 heterocycles. The maximum absolute atomic E-state index is 14.3. The Morgan fingerprint density at radius 1 is 0.912 bits per heavy atom. The number of aliphatic hydroxyl groups is 2. The van der Waals surface area contributed by atoms with Gasteiger partial charge in [-0.2, -0.15) is 0 Å². The second-order valence-corrected chi connectivity index (χ2v) is 21.3. The predicted octanol–water partition coefficient (Wildman–Crippen LogP) is 7.22. The highest BCUT2D eigenvalue weighted by atomic mass is 32.1. The van der Waals surface area contributed by atoms with Crippen LogP contribution in [0, 0.1) is 17.8 Å². The Morgan fingerprint density at radius 3 is 2.16 bits per heavy atom. The van der Waals surface area contributed by atoms with Crippen LogP contribution in [0.5, 0.6) is 5.75 Å². The number of phenols is 1. The summed E-state index contributed by atoms with van der Waals surface area (Å²) >= 11 is 1.49. The van der Waals surface area contributed by atoms with Crippen molar-refractivity contribution in [2.24, 2.45) is 17.8 Å². The molecule has 1 fully saturated rings. The Bertz CT molecular complexity index is 2160. The summed E-state index contributed by atoms with van der Waals surface area (Å²) in [5, 5.41) is 37.3. The van der Waals surface area contributed by atoms with Crippen molar-refractivity contribution in [1.29, 1.82) is 0 Å². The molecule has 57 heavy (non-hydrogen) atoms. The van der Waals surface area contributed by atoms with Gasteiger partial charge in [0, 0.05) is 17.0 Å². The van der Waals surface area contributed by atoms with Crippen LogP contribution < -0.4 is 10.4 Å². The number of aliphatic hydroxyl groups excluding tert-OH is 2. The number of rotatable bonds is 14. The lowest BCUT2D eigenvalue weighted by atomic mass is 9.68. The van der Waals surface area contributed by atoms with Gasteiger partial charge in [0.2, 0.25) is 11.8 Å². The number of aromatic hydroxyl groups is 1. The summed E-state index contributed by atoms with van der Waals surface area (Å²) in [5.74, 6) is -2.65. The van der Waals surface area contributed by atoms with Crippen molar-refractivity contribution in [3.8, 4) is 5.75 Å². The molecule has 3 N–H and O–H groups in total. The lowest BCUT2D eigenvalue weighted by molar-refractivity contribution is -0.140. The molecule has 5 aromatic rings. The fourth-order valence-electron chi connectivity index (χ4n) is 8.87. The molecular weight excluding hydrogens is 749 g/mol. The number of nitrogens with zero attached hydrogens (tertiary/aromatic N) is 2. The minimum Gasteiger partial charge on any atom is -0.508 e. The van der Waals surface area contributed by atoms with E-state index in [-0.39, 0.29) is 48.6 Å². The molecule has 2 aromatic heterocycles. The van der Waals surface area contributed by atoms with E-state index in [0.717, 1.165) is 37.7 Å². The molecule has 0 saturated carbocycles. The third-order valence-electron chi connectivity index (χ3n) is 11.5. The van der Waals surface area contributed by atoms with Crippen LogP contribution in [0.4, 0.5) is 0 Å². The number of amides is 2. The quantitative estimate of drug-likeness (QED) is 0.0617. The number of allylic oxidation sites excluding steroid dienone is 1. The van der Waals surface area contributed by atoms with Gasteiger partial charge < -0.3 is 19.7 Å². The smallest absolute Gasteiger partial charge is 0.261 e. The largest absolute Gasteiger partial charge is 0.508 e. The molecular formula is C47H50N2O6SSi. The number of benzene rings is 3. The average molecular weight is 799 g/mol. The van der Waals surface area contributed by atoms with Crippen LogP contribution in [0.2, 0.25) is 5.04 Å². The molecule has 3 aromatic carbocycles. The zero-order chi connectivity index (χ0) is 40.2. The van der Waals surface area contributed by atoms with Crippen molar-refractivity contribution in [3.63, 3.8) is 0 Å². The summed E-state index contributed by atoms with van der Waals surface area (Å²) in [6.45, 7) is 6.52. The molecule has 4 atom stereocenters. The molecule has 0 bridgehead atoms. The van der Waals surface area contributed by atoms with Gasteiger partial charge in [-0.3, -0.25) is 19.5 Å². The van der Waals surface area contributed by atoms with Crippen molar-refractivity contribution < 1.29 is 29.3 Å². The SMILES string of the molecule is CC(C)(C)[Si](OCC1=C([C@H](O)CC/C(=C/c2ccc(O)cc2)c2ccccn2)[C@H](CO)[C@@H]2C(=O)N(Cc3cccs3)C(=O)[C@@H]2C1)(c1ccccc1)c1ccccc1. The lowest BCUT2D eigenvalue weighted by Crippen LogP contribution is -2.66. The number of carbonyl (C=O) groups excluding carboxylic acids is 2. The molecule has 8 nitrogen and oxygen atoms in total. The molecule has 2 amide bonds. The van der Waals surface area contributed by atoms with E-state index in [1.807, 2.05) is 90.3 Å². The standard InChI is InChI=1S/C47H50N2O6SSi/c1-47(2,3)57(37-14-6-4-7-15-37,38-16-8-5-9-17-38)55-31-34-28-39-44(46(54)49(45(39)53)29-36-13-12-26-56-36)40(30-50)43(34)42(52)24-21-33(41-18-10-11-25-48-41)27-32-19-22-35(51)23-20-32/h4-20,22-23,25-27,39-40,42,44,50-52H,21,24,28-31H2,1-3H3/b33-27-/t39-,40+,42-,44-/m1/s1. The average Bonchev–Trinajstić information content (AvgIpc) is 3.83. The first kappa shape index (κ1) is 40.2. The van der Waals surface area contributed by atoms with E-state index in [9.17, 15) is 24.9 Å². The van der Waals surface area contributed by atoms with Gasteiger partial charge in [0.1, 0.15) is 5.75 Å². The monoisotopic (exact) mass is 798 g/mol. The van der Waals surface area contributed by atoms with E-state index in [0.29, 0.717) is 12.0 Å². The van der Waals surface area contributed by atoms with Crippen LogP contribution >= 0.6 is 11.3 Å². The number of aromatic nitrogens is 1. The fourth-order valence-corrected chi connectivity index (χ4v) is 14.1. The molecule has 10 heteroatoms. The first-order chi connectivity index (χ1) is 27.5. The van der Waals surface area contributed by atoms with E-state index in [1.54, 1.807) is 18.3 Å². The maximum atomic E-state index is 14.3. The molecule has 7 rings (SSSR count). The van der Waals surface area contributed by atoms with Crippen LogP contribution in [-0.2, 0) is 20.6 Å². The Hall–Kier alpha value is -4.97. The topological polar surface area (TPSA) is 120 Å². The highest BCUT2D eigenvalue weighted by molar-refractivity contribution is 7.09. The van der Waals surface area contributed by atoms with E-state index in [4.69, 9.17) is 4.43 Å². The van der Waals surface area contributed by atoms with Gasteiger partial charge in [-0.1, -0.05) is 106 Å². The van der Waals surface area contributed by atoms with Crippen molar-refractivity contribution in [3.05, 3.63) is 154 Å². The van der Waals surface area contributed by atoms with Crippen LogP contribution in [-0.4, -0.2) is 64.7 Å². The van der Waals surface area contributed by atoms with E-state index in [1.165, 1.54) is 16.2 Å². The summed E-state index contributed by atoms with van der Waals surface area (Å²) < 4.78 is 7.42. The Morgan fingerprint density at radius 2 is 1.58 bits per heavy atom. The number of imide groups is 1.